The van der Waals surface area contributed by atoms with E-state index in [-0.39, 0.29) is 37.5 Å². The van der Waals surface area contributed by atoms with Crippen molar-refractivity contribution in [2.24, 2.45) is 0 Å². The maximum Gasteiger partial charge on any atom is 0.306 e. The summed E-state index contributed by atoms with van der Waals surface area (Å²) in [4.78, 5) is 38.4. The van der Waals surface area contributed by atoms with Crippen LogP contribution in [0.5, 0.6) is 0 Å². The number of carbonyl (C=O) groups excluding carboxylic acids is 3. The molecule has 0 bridgehead atoms. The van der Waals surface area contributed by atoms with Gasteiger partial charge in [0, 0.05) is 19.3 Å². The van der Waals surface area contributed by atoms with E-state index in [0.29, 0.717) is 19.3 Å². The molecule has 0 heterocycles. The lowest BCUT2D eigenvalue weighted by Crippen LogP contribution is -2.30. The molecule has 6 nitrogen and oxygen atoms in total. The van der Waals surface area contributed by atoms with Gasteiger partial charge in [0.05, 0.1) is 0 Å². The fourth-order valence-corrected chi connectivity index (χ4v) is 9.94. The molecule has 0 amide bonds. The second-order valence-corrected chi connectivity index (χ2v) is 23.4. The smallest absolute Gasteiger partial charge is 0.306 e. The molecule has 0 radical (unpaired) electrons. The highest BCUT2D eigenvalue weighted by Crippen LogP contribution is 2.17. The third-order valence-electron chi connectivity index (χ3n) is 15.2. The summed E-state index contributed by atoms with van der Waals surface area (Å²) >= 11 is 0. The summed E-state index contributed by atoms with van der Waals surface area (Å²) in [6.45, 7) is 6.49. The number of rotatable bonds is 64. The average Bonchev–Trinajstić information content (AvgIpc) is 3.49. The van der Waals surface area contributed by atoms with Crippen LogP contribution in [0.3, 0.4) is 0 Å². The number of esters is 3. The molecule has 0 aliphatic rings. The minimum atomic E-state index is -0.810. The Bertz CT molecular complexity index is 1660. The van der Waals surface area contributed by atoms with Gasteiger partial charge in [-0.1, -0.05) is 304 Å². The Hall–Kier alpha value is -3.93. The Balaban J connectivity index is 4.34. The standard InChI is InChI=1S/C77H132O6/c1-4-7-10-13-16-19-22-25-28-30-32-34-35-36-37-38-39-40-41-43-44-46-49-52-55-58-61-64-67-70-76(79)82-73-74(72-81-75(78)69-66-63-60-57-54-51-48-27-24-21-18-15-12-9-6-3)83-77(80)71-68-65-62-59-56-53-50-47-45-42-33-31-29-26-23-20-17-14-11-8-5-2/h8,11,17-18,20-21,26-27,29-30,32-33,42,47-48,50,56,59,74H,4-7,9-10,12-16,19,22-25,28,31,34-41,43-46,49,51-55,57-58,60-73H2,1-3H3/b11-8-,20-17-,21-18-,29-26-,32-30-,42-33-,48-27-,50-47-,59-56-. The molecule has 0 aromatic carbocycles. The van der Waals surface area contributed by atoms with Gasteiger partial charge in [0.2, 0.25) is 0 Å². The molecule has 6 heteroatoms. The van der Waals surface area contributed by atoms with E-state index in [2.05, 4.69) is 130 Å². The maximum atomic E-state index is 12.9. The predicted molar refractivity (Wildman–Crippen MR) is 362 cm³/mol. The molecule has 0 spiro atoms. The van der Waals surface area contributed by atoms with Crippen molar-refractivity contribution >= 4 is 17.9 Å². The van der Waals surface area contributed by atoms with Gasteiger partial charge >= 0.3 is 17.9 Å². The molecule has 0 aromatic heterocycles. The fourth-order valence-electron chi connectivity index (χ4n) is 9.94. The van der Waals surface area contributed by atoms with Crippen molar-refractivity contribution in [3.8, 4) is 0 Å². The summed E-state index contributed by atoms with van der Waals surface area (Å²) in [6, 6.07) is 0. The number of ether oxygens (including phenoxy) is 3. The first-order valence-electron chi connectivity index (χ1n) is 35.4. The summed E-state index contributed by atoms with van der Waals surface area (Å²) in [5.74, 6) is -0.946. The third-order valence-corrected chi connectivity index (χ3v) is 15.2. The lowest BCUT2D eigenvalue weighted by Gasteiger charge is -2.18. The van der Waals surface area contributed by atoms with Crippen LogP contribution in [0.2, 0.25) is 0 Å². The van der Waals surface area contributed by atoms with E-state index in [9.17, 15) is 14.4 Å². The Morgan fingerprint density at radius 2 is 0.470 bits per heavy atom. The minimum Gasteiger partial charge on any atom is -0.462 e. The average molecular weight is 1150 g/mol. The predicted octanol–water partition coefficient (Wildman–Crippen LogP) is 24.6. The zero-order valence-corrected chi connectivity index (χ0v) is 54.7. The topological polar surface area (TPSA) is 78.9 Å². The first-order chi connectivity index (χ1) is 41.0. The molecular formula is C77H132O6. The zero-order chi connectivity index (χ0) is 59.9. The molecule has 0 N–H and O–H groups in total. The van der Waals surface area contributed by atoms with Crippen LogP contribution in [0, 0.1) is 0 Å². The fraction of sp³-hybridized carbons (Fsp3) is 0.727. The van der Waals surface area contributed by atoms with Crippen molar-refractivity contribution in [3.05, 3.63) is 109 Å². The van der Waals surface area contributed by atoms with Crippen molar-refractivity contribution in [1.82, 2.24) is 0 Å². The van der Waals surface area contributed by atoms with Crippen LogP contribution >= 0.6 is 0 Å². The largest absolute Gasteiger partial charge is 0.462 e. The number of hydrogen-bond donors (Lipinski definition) is 0. The number of allylic oxidation sites excluding steroid dienone is 18. The van der Waals surface area contributed by atoms with E-state index in [1.807, 2.05) is 0 Å². The van der Waals surface area contributed by atoms with Crippen LogP contribution in [-0.2, 0) is 28.6 Å². The second kappa shape index (κ2) is 70.6. The van der Waals surface area contributed by atoms with Crippen LogP contribution in [0.25, 0.3) is 0 Å². The lowest BCUT2D eigenvalue weighted by molar-refractivity contribution is -0.167. The molecule has 83 heavy (non-hydrogen) atoms. The van der Waals surface area contributed by atoms with Crippen LogP contribution < -0.4 is 0 Å². The van der Waals surface area contributed by atoms with Gasteiger partial charge in [0.1, 0.15) is 13.2 Å². The zero-order valence-electron chi connectivity index (χ0n) is 54.7. The second-order valence-electron chi connectivity index (χ2n) is 23.4. The van der Waals surface area contributed by atoms with Crippen LogP contribution in [0.4, 0.5) is 0 Å². The maximum absolute atomic E-state index is 12.9. The summed E-state index contributed by atoms with van der Waals surface area (Å²) < 4.78 is 16.9. The third kappa shape index (κ3) is 68.7. The van der Waals surface area contributed by atoms with E-state index in [1.165, 1.54) is 180 Å². The SMILES string of the molecule is CC/C=C\C/C=C\C/C=C\C/C=C\C/C=C\C/C=C\CCCCC(=O)OC(COC(=O)CCCCCCC/C=C\C/C=C\CCCCC)COC(=O)CCCCCCCCCCCCCCCCCCC/C=C\CCCCCCCCCC. The van der Waals surface area contributed by atoms with Gasteiger partial charge < -0.3 is 14.2 Å². The number of hydrogen-bond acceptors (Lipinski definition) is 6. The van der Waals surface area contributed by atoms with Gasteiger partial charge in [-0.3, -0.25) is 14.4 Å². The molecule has 0 aromatic rings. The highest BCUT2D eigenvalue weighted by atomic mass is 16.6. The van der Waals surface area contributed by atoms with Gasteiger partial charge in [-0.05, 0) is 128 Å². The Labute approximate surface area is 514 Å². The molecule has 1 atom stereocenters. The van der Waals surface area contributed by atoms with Gasteiger partial charge in [-0.2, -0.15) is 0 Å². The molecule has 0 aliphatic carbocycles. The van der Waals surface area contributed by atoms with Crippen molar-refractivity contribution in [1.29, 1.82) is 0 Å². The van der Waals surface area contributed by atoms with E-state index < -0.39 is 6.10 Å². The lowest BCUT2D eigenvalue weighted by atomic mass is 10.0. The minimum absolute atomic E-state index is 0.0994. The van der Waals surface area contributed by atoms with Crippen molar-refractivity contribution in [3.63, 3.8) is 0 Å². The van der Waals surface area contributed by atoms with Crippen LogP contribution in [0.15, 0.2) is 109 Å². The van der Waals surface area contributed by atoms with Gasteiger partial charge in [-0.15, -0.1) is 0 Å². The quantitative estimate of drug-likeness (QED) is 0.0261. The molecule has 476 valence electrons. The summed E-state index contributed by atoms with van der Waals surface area (Å²) in [5.41, 5.74) is 0. The molecule has 0 rings (SSSR count). The molecule has 0 saturated carbocycles. The number of carbonyl (C=O) groups is 3. The first-order valence-corrected chi connectivity index (χ1v) is 35.4. The summed E-state index contributed by atoms with van der Waals surface area (Å²) in [5, 5.41) is 0. The summed E-state index contributed by atoms with van der Waals surface area (Å²) in [6.07, 6.45) is 96.9. The van der Waals surface area contributed by atoms with E-state index in [4.69, 9.17) is 14.2 Å². The van der Waals surface area contributed by atoms with E-state index in [0.717, 1.165) is 116 Å². The Morgan fingerprint density at radius 1 is 0.253 bits per heavy atom. The normalized spacial score (nSPS) is 12.8. The van der Waals surface area contributed by atoms with Gasteiger partial charge in [-0.25, -0.2) is 0 Å². The van der Waals surface area contributed by atoms with E-state index >= 15 is 0 Å². The molecule has 0 saturated heterocycles. The summed E-state index contributed by atoms with van der Waals surface area (Å²) in [7, 11) is 0. The van der Waals surface area contributed by atoms with Gasteiger partial charge in [0.15, 0.2) is 6.10 Å². The molecular weight excluding hydrogens is 1020 g/mol. The van der Waals surface area contributed by atoms with Crippen molar-refractivity contribution < 1.29 is 28.6 Å². The monoisotopic (exact) mass is 1150 g/mol. The van der Waals surface area contributed by atoms with Gasteiger partial charge in [0.25, 0.3) is 0 Å². The molecule has 0 aliphatic heterocycles. The van der Waals surface area contributed by atoms with E-state index in [1.54, 1.807) is 0 Å². The van der Waals surface area contributed by atoms with Crippen LogP contribution in [-0.4, -0.2) is 37.2 Å². The Kier molecular flexibility index (Phi) is 67.2. The van der Waals surface area contributed by atoms with Crippen molar-refractivity contribution in [2.75, 3.05) is 13.2 Å². The van der Waals surface area contributed by atoms with Crippen LogP contribution in [0.1, 0.15) is 342 Å². The highest BCUT2D eigenvalue weighted by Gasteiger charge is 2.19. The Morgan fingerprint density at radius 3 is 0.795 bits per heavy atom. The number of unbranched alkanes of at least 4 members (excludes halogenated alkanes) is 35. The highest BCUT2D eigenvalue weighted by molar-refractivity contribution is 5.71. The van der Waals surface area contributed by atoms with Crippen molar-refractivity contribution in [2.45, 2.75) is 348 Å². The molecule has 0 fully saturated rings. The first kappa shape index (κ1) is 79.1. The molecule has 1 unspecified atom stereocenters.